The second kappa shape index (κ2) is 6.40. The second-order valence-corrected chi connectivity index (χ2v) is 3.73. The number of hydrogen-bond acceptors (Lipinski definition) is 2. The van der Waals surface area contributed by atoms with Crippen LogP contribution in [-0.2, 0) is 4.79 Å². The molecule has 0 atom stereocenters. The Balaban J connectivity index is 2.45. The molecule has 3 nitrogen and oxygen atoms in total. The first-order chi connectivity index (χ1) is 7.61. The van der Waals surface area contributed by atoms with E-state index in [1.54, 1.807) is 0 Å². The number of nitrogens with one attached hydrogen (secondary N) is 2. The standard InChI is InChI=1S/C10H10ClFN2OS/c11-6-5-9(15)14-10(16)13-8-3-1-7(12)2-4-8/h1-4H,5-6H2,(H2,13,14,15,16). The second-order valence-electron chi connectivity index (χ2n) is 2.95. The molecule has 1 aromatic rings. The van der Waals surface area contributed by atoms with Gasteiger partial charge in [0, 0.05) is 18.0 Å². The smallest absolute Gasteiger partial charge is 0.227 e. The first-order valence-electron chi connectivity index (χ1n) is 4.54. The molecule has 0 aromatic heterocycles. The van der Waals surface area contributed by atoms with Crippen LogP contribution in [-0.4, -0.2) is 16.9 Å². The van der Waals surface area contributed by atoms with Crippen LogP contribution in [0.5, 0.6) is 0 Å². The molecule has 0 unspecified atom stereocenters. The van der Waals surface area contributed by atoms with Gasteiger partial charge in [-0.15, -0.1) is 11.6 Å². The summed E-state index contributed by atoms with van der Waals surface area (Å²) >= 11 is 10.3. The molecule has 0 heterocycles. The van der Waals surface area contributed by atoms with Crippen molar-refractivity contribution < 1.29 is 9.18 Å². The lowest BCUT2D eigenvalue weighted by molar-refractivity contribution is -0.119. The van der Waals surface area contributed by atoms with Crippen molar-refractivity contribution in [2.24, 2.45) is 0 Å². The van der Waals surface area contributed by atoms with Crippen LogP contribution in [0.1, 0.15) is 6.42 Å². The Morgan fingerprint density at radius 2 is 2.00 bits per heavy atom. The number of hydrogen-bond donors (Lipinski definition) is 2. The number of benzene rings is 1. The van der Waals surface area contributed by atoms with Gasteiger partial charge in [-0.3, -0.25) is 4.79 Å². The van der Waals surface area contributed by atoms with Crippen LogP contribution in [0.3, 0.4) is 0 Å². The molecule has 1 amide bonds. The van der Waals surface area contributed by atoms with Gasteiger partial charge in [-0.05, 0) is 36.5 Å². The fourth-order valence-electron chi connectivity index (χ4n) is 0.971. The van der Waals surface area contributed by atoms with Crippen molar-refractivity contribution in [1.29, 1.82) is 0 Å². The lowest BCUT2D eigenvalue weighted by Crippen LogP contribution is -2.34. The molecule has 0 aliphatic rings. The quantitative estimate of drug-likeness (QED) is 0.647. The third kappa shape index (κ3) is 4.55. The monoisotopic (exact) mass is 260 g/mol. The summed E-state index contributed by atoms with van der Waals surface area (Å²) in [5.74, 6) is -0.345. The molecule has 0 bridgehead atoms. The lowest BCUT2D eigenvalue weighted by Gasteiger charge is -2.08. The first-order valence-corrected chi connectivity index (χ1v) is 5.48. The molecule has 16 heavy (non-hydrogen) atoms. The predicted molar refractivity (Wildman–Crippen MR) is 66.1 cm³/mol. The van der Waals surface area contributed by atoms with Gasteiger partial charge in [0.05, 0.1) is 0 Å². The van der Waals surface area contributed by atoms with E-state index >= 15 is 0 Å². The van der Waals surface area contributed by atoms with Gasteiger partial charge in [0.1, 0.15) is 5.82 Å². The van der Waals surface area contributed by atoms with E-state index in [0.29, 0.717) is 5.69 Å². The summed E-state index contributed by atoms with van der Waals surface area (Å²) in [6.45, 7) is 0. The fraction of sp³-hybridized carbons (Fsp3) is 0.200. The topological polar surface area (TPSA) is 41.1 Å². The third-order valence-corrected chi connectivity index (χ3v) is 2.07. The van der Waals surface area contributed by atoms with E-state index < -0.39 is 0 Å². The number of carbonyl (C=O) groups is 1. The summed E-state index contributed by atoms with van der Waals surface area (Å²) in [4.78, 5) is 11.1. The first kappa shape index (κ1) is 12.9. The maximum atomic E-state index is 12.6. The molecule has 2 N–H and O–H groups in total. The van der Waals surface area contributed by atoms with Crippen molar-refractivity contribution >= 4 is 40.5 Å². The van der Waals surface area contributed by atoms with Crippen molar-refractivity contribution in [3.63, 3.8) is 0 Å². The van der Waals surface area contributed by atoms with E-state index in [1.165, 1.54) is 24.3 Å². The van der Waals surface area contributed by atoms with Crippen molar-refractivity contribution in [3.05, 3.63) is 30.1 Å². The van der Waals surface area contributed by atoms with Crippen LogP contribution in [0.2, 0.25) is 0 Å². The highest BCUT2D eigenvalue weighted by Crippen LogP contribution is 2.07. The maximum absolute atomic E-state index is 12.6. The highest BCUT2D eigenvalue weighted by atomic mass is 35.5. The zero-order valence-electron chi connectivity index (χ0n) is 8.30. The molecular formula is C10H10ClFN2OS. The van der Waals surface area contributed by atoms with Crippen LogP contribution in [0.4, 0.5) is 10.1 Å². The minimum atomic E-state index is -0.331. The molecule has 0 spiro atoms. The number of alkyl halides is 1. The van der Waals surface area contributed by atoms with Gasteiger partial charge in [0.25, 0.3) is 0 Å². The van der Waals surface area contributed by atoms with Gasteiger partial charge in [0.2, 0.25) is 5.91 Å². The molecule has 0 saturated heterocycles. The number of halogens is 2. The van der Waals surface area contributed by atoms with Gasteiger partial charge in [-0.1, -0.05) is 0 Å². The number of amides is 1. The zero-order valence-corrected chi connectivity index (χ0v) is 9.87. The van der Waals surface area contributed by atoms with Crippen LogP contribution in [0, 0.1) is 5.82 Å². The number of carbonyl (C=O) groups excluding carboxylic acids is 1. The van der Waals surface area contributed by atoms with Crippen LogP contribution in [0.15, 0.2) is 24.3 Å². The molecule has 86 valence electrons. The van der Waals surface area contributed by atoms with E-state index in [2.05, 4.69) is 10.6 Å². The zero-order chi connectivity index (χ0) is 12.0. The fourth-order valence-corrected chi connectivity index (χ4v) is 1.37. The highest BCUT2D eigenvalue weighted by molar-refractivity contribution is 7.80. The number of rotatable bonds is 3. The Bertz CT molecular complexity index is 383. The van der Waals surface area contributed by atoms with Crippen LogP contribution in [0.25, 0.3) is 0 Å². The van der Waals surface area contributed by atoms with Crippen molar-refractivity contribution in [3.8, 4) is 0 Å². The van der Waals surface area contributed by atoms with E-state index in [1.807, 2.05) is 0 Å². The molecular weight excluding hydrogens is 251 g/mol. The van der Waals surface area contributed by atoms with Gasteiger partial charge in [0.15, 0.2) is 5.11 Å². The van der Waals surface area contributed by atoms with Crippen molar-refractivity contribution in [2.75, 3.05) is 11.2 Å². The van der Waals surface area contributed by atoms with E-state index in [-0.39, 0.29) is 29.1 Å². The molecule has 0 radical (unpaired) electrons. The minimum absolute atomic E-state index is 0.168. The molecule has 0 aliphatic carbocycles. The Hall–Kier alpha value is -1.20. The predicted octanol–water partition coefficient (Wildman–Crippen LogP) is 2.27. The normalized spacial score (nSPS) is 9.62. The minimum Gasteiger partial charge on any atom is -0.332 e. The summed E-state index contributed by atoms with van der Waals surface area (Å²) in [6.07, 6.45) is 0.201. The highest BCUT2D eigenvalue weighted by Gasteiger charge is 2.03. The summed E-state index contributed by atoms with van der Waals surface area (Å²) < 4.78 is 12.6. The summed E-state index contributed by atoms with van der Waals surface area (Å²) in [7, 11) is 0. The Kier molecular flexibility index (Phi) is 5.14. The molecule has 0 aliphatic heterocycles. The number of thiocarbonyl (C=S) groups is 1. The Morgan fingerprint density at radius 3 is 2.56 bits per heavy atom. The Morgan fingerprint density at radius 1 is 1.38 bits per heavy atom. The average molecular weight is 261 g/mol. The van der Waals surface area contributed by atoms with Crippen LogP contribution < -0.4 is 10.6 Å². The molecule has 0 fully saturated rings. The molecule has 0 saturated carbocycles. The van der Waals surface area contributed by atoms with Gasteiger partial charge < -0.3 is 10.6 Å². The average Bonchev–Trinajstić information content (AvgIpc) is 2.21. The maximum Gasteiger partial charge on any atom is 0.227 e. The van der Waals surface area contributed by atoms with Crippen molar-refractivity contribution in [1.82, 2.24) is 5.32 Å². The van der Waals surface area contributed by atoms with E-state index in [9.17, 15) is 9.18 Å². The largest absolute Gasteiger partial charge is 0.332 e. The van der Waals surface area contributed by atoms with E-state index in [0.717, 1.165) is 0 Å². The SMILES string of the molecule is O=C(CCCl)NC(=S)Nc1ccc(F)cc1. The van der Waals surface area contributed by atoms with Gasteiger partial charge >= 0.3 is 0 Å². The van der Waals surface area contributed by atoms with Gasteiger partial charge in [-0.25, -0.2) is 4.39 Å². The molecule has 6 heteroatoms. The summed E-state index contributed by atoms with van der Waals surface area (Å²) in [6, 6.07) is 5.64. The van der Waals surface area contributed by atoms with Gasteiger partial charge in [-0.2, -0.15) is 0 Å². The lowest BCUT2D eigenvalue weighted by atomic mass is 10.3. The summed E-state index contributed by atoms with van der Waals surface area (Å²) in [5.41, 5.74) is 0.609. The third-order valence-electron chi connectivity index (χ3n) is 1.68. The molecule has 1 rings (SSSR count). The Labute approximate surface area is 103 Å². The van der Waals surface area contributed by atoms with E-state index in [4.69, 9.17) is 23.8 Å². The van der Waals surface area contributed by atoms with Crippen molar-refractivity contribution in [2.45, 2.75) is 6.42 Å². The number of anilines is 1. The van der Waals surface area contributed by atoms with Crippen LogP contribution >= 0.6 is 23.8 Å². The summed E-state index contributed by atoms with van der Waals surface area (Å²) in [5, 5.41) is 5.36. The molecule has 1 aromatic carbocycles.